The molecule has 1 N–H and O–H groups in total. The summed E-state index contributed by atoms with van der Waals surface area (Å²) in [4.78, 5) is 0.107. The van der Waals surface area contributed by atoms with Gasteiger partial charge in [0, 0.05) is 11.0 Å². The Morgan fingerprint density at radius 2 is 1.72 bits per heavy atom. The number of aryl methyl sites for hydroxylation is 2. The van der Waals surface area contributed by atoms with Gasteiger partial charge in [-0.05, 0) is 62.2 Å². The van der Waals surface area contributed by atoms with Crippen LogP contribution in [0.15, 0.2) is 45.8 Å². The summed E-state index contributed by atoms with van der Waals surface area (Å²) >= 11 is 3.29. The lowest BCUT2D eigenvalue weighted by Crippen LogP contribution is -2.28. The Hall–Kier alpha value is -1.57. The number of benzene rings is 2. The Balaban J connectivity index is 2.01. The second-order valence-corrected chi connectivity index (χ2v) is 8.24. The van der Waals surface area contributed by atoms with E-state index >= 15 is 0 Å². The van der Waals surface area contributed by atoms with Crippen LogP contribution in [-0.2, 0) is 10.0 Å². The van der Waals surface area contributed by atoms with Gasteiger partial charge >= 0.3 is 0 Å². The minimum absolute atomic E-state index is 0.107. The van der Waals surface area contributed by atoms with Gasteiger partial charge in [-0.15, -0.1) is 0 Å². The molecule has 7 heteroatoms. The molecule has 0 atom stereocenters. The number of halogens is 1. The molecule has 0 saturated carbocycles. The third kappa shape index (κ3) is 5.73. The predicted octanol–water partition coefficient (Wildman–Crippen LogP) is 3.82. The molecule has 0 aliphatic rings. The normalized spacial score (nSPS) is 11.4. The molecule has 0 saturated heterocycles. The summed E-state index contributed by atoms with van der Waals surface area (Å²) in [5.41, 5.74) is 2.21. The summed E-state index contributed by atoms with van der Waals surface area (Å²) in [6.07, 6.45) is 0. The topological polar surface area (TPSA) is 64.6 Å². The molecule has 2 aromatic carbocycles. The molecule has 5 nitrogen and oxygen atoms in total. The monoisotopic (exact) mass is 427 g/mol. The minimum atomic E-state index is -3.69. The highest BCUT2D eigenvalue weighted by Crippen LogP contribution is 2.27. The second-order valence-electron chi connectivity index (χ2n) is 5.59. The van der Waals surface area contributed by atoms with Crippen molar-refractivity contribution in [2.24, 2.45) is 0 Å². The van der Waals surface area contributed by atoms with E-state index in [2.05, 4.69) is 26.7 Å². The van der Waals surface area contributed by atoms with Crippen molar-refractivity contribution in [2.75, 3.05) is 19.8 Å². The van der Waals surface area contributed by atoms with Gasteiger partial charge < -0.3 is 9.47 Å². The maximum Gasteiger partial charge on any atom is 0.244 e. The zero-order valence-corrected chi connectivity index (χ0v) is 16.9. The molecule has 2 aromatic rings. The van der Waals surface area contributed by atoms with Gasteiger partial charge in [-0.3, -0.25) is 0 Å². The van der Waals surface area contributed by atoms with Crippen molar-refractivity contribution >= 4 is 26.0 Å². The van der Waals surface area contributed by atoms with E-state index in [1.54, 1.807) is 12.1 Å². The predicted molar refractivity (Wildman–Crippen MR) is 102 cm³/mol. The van der Waals surface area contributed by atoms with E-state index in [-0.39, 0.29) is 18.0 Å². The molecular weight excluding hydrogens is 406 g/mol. The number of hydrogen-bond donors (Lipinski definition) is 1. The zero-order valence-electron chi connectivity index (χ0n) is 14.5. The van der Waals surface area contributed by atoms with Crippen LogP contribution in [0.25, 0.3) is 0 Å². The van der Waals surface area contributed by atoms with Crippen molar-refractivity contribution in [1.82, 2.24) is 4.72 Å². The molecule has 0 aliphatic carbocycles. The number of nitrogens with one attached hydrogen (secondary N) is 1. The summed E-state index contributed by atoms with van der Waals surface area (Å²) in [5.74, 6) is 1.06. The van der Waals surface area contributed by atoms with Crippen LogP contribution in [0.5, 0.6) is 11.5 Å². The van der Waals surface area contributed by atoms with E-state index in [1.165, 1.54) is 6.07 Å². The van der Waals surface area contributed by atoms with Crippen molar-refractivity contribution in [3.8, 4) is 11.5 Å². The molecule has 0 amide bonds. The molecule has 0 spiro atoms. The molecule has 25 heavy (non-hydrogen) atoms. The maximum absolute atomic E-state index is 12.5. The minimum Gasteiger partial charge on any atom is -0.492 e. The highest BCUT2D eigenvalue weighted by atomic mass is 79.9. The largest absolute Gasteiger partial charge is 0.492 e. The molecule has 0 unspecified atom stereocenters. The van der Waals surface area contributed by atoms with Gasteiger partial charge in [0.25, 0.3) is 0 Å². The SMILES string of the molecule is CCOc1ccc(Br)cc1S(=O)(=O)NCCOc1cc(C)cc(C)c1. The molecule has 136 valence electrons. The highest BCUT2D eigenvalue weighted by molar-refractivity contribution is 9.10. The van der Waals surface area contributed by atoms with E-state index in [4.69, 9.17) is 9.47 Å². The summed E-state index contributed by atoms with van der Waals surface area (Å²) in [6, 6.07) is 10.8. The Morgan fingerprint density at radius 1 is 1.04 bits per heavy atom. The van der Waals surface area contributed by atoms with E-state index in [0.717, 1.165) is 16.9 Å². The standard InChI is InChI=1S/C18H22BrNO4S/c1-4-23-17-6-5-15(19)12-18(17)25(21,22)20-7-8-24-16-10-13(2)9-14(3)11-16/h5-6,9-12,20H,4,7-8H2,1-3H3. The fourth-order valence-electron chi connectivity index (χ4n) is 2.41. The van der Waals surface area contributed by atoms with Crippen LogP contribution < -0.4 is 14.2 Å². The van der Waals surface area contributed by atoms with E-state index in [0.29, 0.717) is 16.8 Å². The summed E-state index contributed by atoms with van der Waals surface area (Å²) in [5, 5.41) is 0. The van der Waals surface area contributed by atoms with Crippen LogP contribution in [0, 0.1) is 13.8 Å². The Kier molecular flexibility index (Phi) is 6.87. The first-order chi connectivity index (χ1) is 11.8. The van der Waals surface area contributed by atoms with Crippen LogP contribution in [0.4, 0.5) is 0 Å². The van der Waals surface area contributed by atoms with Crippen LogP contribution >= 0.6 is 15.9 Å². The molecule has 0 heterocycles. The van der Waals surface area contributed by atoms with E-state index < -0.39 is 10.0 Å². The zero-order chi connectivity index (χ0) is 18.4. The van der Waals surface area contributed by atoms with Crippen molar-refractivity contribution in [1.29, 1.82) is 0 Å². The average Bonchev–Trinajstić information content (AvgIpc) is 2.52. The summed E-state index contributed by atoms with van der Waals surface area (Å²) in [6.45, 7) is 6.58. The molecule has 0 fully saturated rings. The van der Waals surface area contributed by atoms with Gasteiger partial charge in [0.05, 0.1) is 6.61 Å². The maximum atomic E-state index is 12.5. The van der Waals surface area contributed by atoms with Gasteiger partial charge in [-0.1, -0.05) is 22.0 Å². The Bertz CT molecular complexity index is 817. The molecular formula is C18H22BrNO4S. The number of sulfonamides is 1. The lowest BCUT2D eigenvalue weighted by molar-refractivity contribution is 0.321. The Morgan fingerprint density at radius 3 is 2.36 bits per heavy atom. The average molecular weight is 428 g/mol. The second kappa shape index (κ2) is 8.69. The lowest BCUT2D eigenvalue weighted by Gasteiger charge is -2.13. The van der Waals surface area contributed by atoms with Crippen molar-refractivity contribution in [2.45, 2.75) is 25.7 Å². The van der Waals surface area contributed by atoms with Crippen LogP contribution in [0.3, 0.4) is 0 Å². The molecule has 2 rings (SSSR count). The van der Waals surface area contributed by atoms with Gasteiger partial charge in [0.1, 0.15) is 23.0 Å². The molecule has 0 bridgehead atoms. The number of rotatable bonds is 8. The summed E-state index contributed by atoms with van der Waals surface area (Å²) in [7, 11) is -3.69. The molecule has 0 aliphatic heterocycles. The number of hydrogen-bond acceptors (Lipinski definition) is 4. The van der Waals surface area contributed by atoms with Gasteiger partial charge in [-0.2, -0.15) is 0 Å². The molecule has 0 aromatic heterocycles. The van der Waals surface area contributed by atoms with E-state index in [9.17, 15) is 8.42 Å². The third-order valence-electron chi connectivity index (χ3n) is 3.35. The van der Waals surface area contributed by atoms with Crippen LogP contribution in [0.1, 0.15) is 18.1 Å². The first-order valence-electron chi connectivity index (χ1n) is 7.95. The van der Waals surface area contributed by atoms with Crippen molar-refractivity contribution in [3.05, 3.63) is 52.0 Å². The fourth-order valence-corrected chi connectivity index (χ4v) is 4.10. The first kappa shape index (κ1) is 19.8. The van der Waals surface area contributed by atoms with Crippen molar-refractivity contribution in [3.63, 3.8) is 0 Å². The van der Waals surface area contributed by atoms with Gasteiger partial charge in [-0.25, -0.2) is 13.1 Å². The third-order valence-corrected chi connectivity index (χ3v) is 5.33. The molecule has 0 radical (unpaired) electrons. The fraction of sp³-hybridized carbons (Fsp3) is 0.333. The van der Waals surface area contributed by atoms with E-state index in [1.807, 2.05) is 32.9 Å². The lowest BCUT2D eigenvalue weighted by atomic mass is 10.1. The van der Waals surface area contributed by atoms with Gasteiger partial charge in [0.2, 0.25) is 10.0 Å². The van der Waals surface area contributed by atoms with Gasteiger partial charge in [0.15, 0.2) is 0 Å². The highest BCUT2D eigenvalue weighted by Gasteiger charge is 2.19. The van der Waals surface area contributed by atoms with Crippen molar-refractivity contribution < 1.29 is 17.9 Å². The quantitative estimate of drug-likeness (QED) is 0.650. The number of ether oxygens (including phenoxy) is 2. The Labute approximate surface area is 157 Å². The summed E-state index contributed by atoms with van der Waals surface area (Å²) < 4.78 is 39.3. The van der Waals surface area contributed by atoms with Crippen LogP contribution in [0.2, 0.25) is 0 Å². The first-order valence-corrected chi connectivity index (χ1v) is 10.2. The smallest absolute Gasteiger partial charge is 0.244 e. The van der Waals surface area contributed by atoms with Crippen LogP contribution in [-0.4, -0.2) is 28.2 Å².